The number of rotatable bonds is 5. The Morgan fingerprint density at radius 1 is 1.15 bits per heavy atom. The van der Waals surface area contributed by atoms with E-state index in [-0.39, 0.29) is 0 Å². The minimum absolute atomic E-state index is 0.357. The zero-order valence-corrected chi connectivity index (χ0v) is 11.9. The quantitative estimate of drug-likeness (QED) is 0.470. The van der Waals surface area contributed by atoms with Crippen molar-refractivity contribution in [3.63, 3.8) is 0 Å². The smallest absolute Gasteiger partial charge is 0.162 e. The predicted molar refractivity (Wildman–Crippen MR) is 81.3 cm³/mol. The number of nitrogens with zero attached hydrogens (tertiary/aromatic N) is 2. The Labute approximate surface area is 123 Å². The van der Waals surface area contributed by atoms with Crippen LogP contribution in [0.25, 0.3) is 0 Å². The molecule has 0 spiro atoms. The average molecular weight is 282 g/mol. The molecular weight excluding hydrogens is 268 g/mol. The van der Waals surface area contributed by atoms with E-state index in [1.165, 1.54) is 5.56 Å². The van der Waals surface area contributed by atoms with Gasteiger partial charge in [0.2, 0.25) is 0 Å². The van der Waals surface area contributed by atoms with Gasteiger partial charge in [-0.3, -0.25) is 0 Å². The van der Waals surface area contributed by atoms with Gasteiger partial charge in [-0.05, 0) is 24.6 Å². The molecule has 100 valence electrons. The first-order chi connectivity index (χ1) is 9.78. The van der Waals surface area contributed by atoms with Crippen LogP contribution in [0.2, 0.25) is 0 Å². The summed E-state index contributed by atoms with van der Waals surface area (Å²) in [5.74, 6) is 0. The molecule has 0 aliphatic heterocycles. The zero-order chi connectivity index (χ0) is 14.2. The molecule has 2 rings (SSSR count). The summed E-state index contributed by atoms with van der Waals surface area (Å²) in [6, 6.07) is 19.7. The van der Waals surface area contributed by atoms with Crippen LogP contribution in [-0.4, -0.2) is 5.71 Å². The van der Waals surface area contributed by atoms with E-state index in [0.29, 0.717) is 12.1 Å². The first-order valence-corrected chi connectivity index (χ1v) is 6.93. The fourth-order valence-corrected chi connectivity index (χ4v) is 2.04. The molecule has 20 heavy (non-hydrogen) atoms. The maximum atomic E-state index is 9.05. The van der Waals surface area contributed by atoms with Crippen molar-refractivity contribution < 1.29 is 4.28 Å². The van der Waals surface area contributed by atoms with E-state index >= 15 is 0 Å². The third-order valence-corrected chi connectivity index (χ3v) is 3.26. The molecule has 3 nitrogen and oxygen atoms in total. The average Bonchev–Trinajstić information content (AvgIpc) is 2.49. The normalized spacial score (nSPS) is 10.9. The molecule has 0 bridgehead atoms. The molecular formula is C16H14N2OS. The fourth-order valence-electron chi connectivity index (χ4n) is 1.58. The molecule has 0 amide bonds. The van der Waals surface area contributed by atoms with Gasteiger partial charge in [-0.25, -0.2) is 0 Å². The number of benzene rings is 2. The van der Waals surface area contributed by atoms with E-state index in [1.807, 2.05) is 61.5 Å². The van der Waals surface area contributed by atoms with Crippen LogP contribution in [0.1, 0.15) is 11.1 Å². The summed E-state index contributed by atoms with van der Waals surface area (Å²) in [5.41, 5.74) is 2.59. The minimum Gasteiger partial charge on any atom is -0.316 e. The van der Waals surface area contributed by atoms with Crippen LogP contribution in [0, 0.1) is 18.3 Å². The van der Waals surface area contributed by atoms with Gasteiger partial charge in [0, 0.05) is 6.42 Å². The van der Waals surface area contributed by atoms with Crippen LogP contribution >= 0.6 is 12.0 Å². The summed E-state index contributed by atoms with van der Waals surface area (Å²) in [5, 5.41) is 12.9. The van der Waals surface area contributed by atoms with E-state index in [1.54, 1.807) is 0 Å². The molecule has 0 unspecified atom stereocenters. The van der Waals surface area contributed by atoms with Crippen LogP contribution in [0.4, 0.5) is 0 Å². The Morgan fingerprint density at radius 3 is 2.50 bits per heavy atom. The van der Waals surface area contributed by atoms with Gasteiger partial charge in [0.1, 0.15) is 18.1 Å². The highest BCUT2D eigenvalue weighted by Crippen LogP contribution is 2.19. The summed E-state index contributed by atoms with van der Waals surface area (Å²) < 4.78 is 5.17. The molecule has 2 aromatic carbocycles. The molecule has 0 saturated carbocycles. The van der Waals surface area contributed by atoms with Crippen molar-refractivity contribution in [3.8, 4) is 6.07 Å². The van der Waals surface area contributed by atoms with E-state index in [0.717, 1.165) is 22.5 Å². The lowest BCUT2D eigenvalue weighted by Crippen LogP contribution is -1.99. The Balaban J connectivity index is 1.92. The molecule has 0 aliphatic carbocycles. The second-order valence-corrected chi connectivity index (χ2v) is 5.07. The van der Waals surface area contributed by atoms with Gasteiger partial charge in [-0.2, -0.15) is 5.26 Å². The van der Waals surface area contributed by atoms with Crippen LogP contribution in [0.3, 0.4) is 0 Å². The van der Waals surface area contributed by atoms with Crippen molar-refractivity contribution in [2.24, 2.45) is 5.16 Å². The maximum Gasteiger partial charge on any atom is 0.162 e. The summed E-state index contributed by atoms with van der Waals surface area (Å²) in [4.78, 5) is 0.955. The molecule has 0 saturated heterocycles. The van der Waals surface area contributed by atoms with Gasteiger partial charge >= 0.3 is 0 Å². The van der Waals surface area contributed by atoms with E-state index in [9.17, 15) is 0 Å². The molecule has 0 heterocycles. The Bertz CT molecular complexity index is 615. The highest BCUT2D eigenvalue weighted by molar-refractivity contribution is 7.94. The molecule has 0 aliphatic rings. The van der Waals surface area contributed by atoms with Crippen molar-refractivity contribution in [2.75, 3.05) is 0 Å². The third kappa shape index (κ3) is 4.45. The number of aryl methyl sites for hydroxylation is 1. The topological polar surface area (TPSA) is 45.4 Å². The fraction of sp³-hybridized carbons (Fsp3) is 0.125. The largest absolute Gasteiger partial charge is 0.316 e. The van der Waals surface area contributed by atoms with Crippen molar-refractivity contribution >= 4 is 17.8 Å². The highest BCUT2D eigenvalue weighted by atomic mass is 32.2. The molecule has 4 heteroatoms. The first-order valence-electron chi connectivity index (χ1n) is 6.19. The maximum absolute atomic E-state index is 9.05. The Hall–Kier alpha value is -2.25. The van der Waals surface area contributed by atoms with Gasteiger partial charge in [0.05, 0.1) is 4.90 Å². The molecule has 0 fully saturated rings. The van der Waals surface area contributed by atoms with Gasteiger partial charge < -0.3 is 4.28 Å². The van der Waals surface area contributed by atoms with Gasteiger partial charge in [0.25, 0.3) is 0 Å². The van der Waals surface area contributed by atoms with Gasteiger partial charge in [-0.15, -0.1) is 0 Å². The number of nitriles is 1. The molecule has 0 atom stereocenters. The number of oxime groups is 1. The Morgan fingerprint density at radius 2 is 1.85 bits per heavy atom. The highest BCUT2D eigenvalue weighted by Gasteiger charge is 2.02. The SMILES string of the molecule is Cc1ccc(SO/N=C(\C#N)Cc2ccccc2)cc1. The predicted octanol–water partition coefficient (Wildman–Crippen LogP) is 4.14. The molecule has 2 aromatic rings. The summed E-state index contributed by atoms with van der Waals surface area (Å²) in [6.45, 7) is 2.03. The summed E-state index contributed by atoms with van der Waals surface area (Å²) >= 11 is 1.14. The van der Waals surface area contributed by atoms with Crippen LogP contribution < -0.4 is 0 Å². The zero-order valence-electron chi connectivity index (χ0n) is 11.1. The van der Waals surface area contributed by atoms with E-state index < -0.39 is 0 Å². The molecule has 0 aromatic heterocycles. The van der Waals surface area contributed by atoms with E-state index in [4.69, 9.17) is 9.55 Å². The van der Waals surface area contributed by atoms with Crippen molar-refractivity contribution in [2.45, 2.75) is 18.2 Å². The van der Waals surface area contributed by atoms with Gasteiger partial charge in [-0.1, -0.05) is 53.2 Å². The third-order valence-electron chi connectivity index (χ3n) is 2.65. The number of hydrogen-bond donors (Lipinski definition) is 0. The van der Waals surface area contributed by atoms with Gasteiger partial charge in [0.15, 0.2) is 5.71 Å². The van der Waals surface area contributed by atoms with Crippen LogP contribution in [0.15, 0.2) is 64.6 Å². The van der Waals surface area contributed by atoms with Crippen LogP contribution in [-0.2, 0) is 10.7 Å². The van der Waals surface area contributed by atoms with E-state index in [2.05, 4.69) is 11.2 Å². The standard InChI is InChI=1S/C16H14N2OS/c1-13-7-9-16(10-8-13)20-19-18-15(12-17)11-14-5-3-2-4-6-14/h2-10H,11H2,1H3/b18-15-. The second kappa shape index (κ2) is 7.37. The van der Waals surface area contributed by atoms with Crippen LogP contribution in [0.5, 0.6) is 0 Å². The van der Waals surface area contributed by atoms with Crippen molar-refractivity contribution in [1.82, 2.24) is 0 Å². The monoisotopic (exact) mass is 282 g/mol. The lowest BCUT2D eigenvalue weighted by molar-refractivity contribution is 0.405. The molecule has 0 radical (unpaired) electrons. The summed E-state index contributed by atoms with van der Waals surface area (Å²) in [7, 11) is 0. The minimum atomic E-state index is 0.357. The lowest BCUT2D eigenvalue weighted by Gasteiger charge is -2.00. The summed E-state index contributed by atoms with van der Waals surface area (Å²) in [6.07, 6.45) is 0.478. The van der Waals surface area contributed by atoms with Crippen molar-refractivity contribution in [3.05, 3.63) is 65.7 Å². The second-order valence-electron chi connectivity index (χ2n) is 4.28. The van der Waals surface area contributed by atoms with Crippen molar-refractivity contribution in [1.29, 1.82) is 5.26 Å². The Kier molecular flexibility index (Phi) is 5.22. The lowest BCUT2D eigenvalue weighted by atomic mass is 10.1. The molecule has 0 N–H and O–H groups in total. The number of hydrogen-bond acceptors (Lipinski definition) is 4. The first kappa shape index (κ1) is 14.2.